The topological polar surface area (TPSA) is 160 Å². The lowest BCUT2D eigenvalue weighted by Crippen LogP contribution is -2.52. The molecular weight excluding hydrogens is 596 g/mol. The van der Waals surface area contributed by atoms with Crippen LogP contribution >= 0.6 is 0 Å². The molecule has 3 aromatic heterocycles. The van der Waals surface area contributed by atoms with E-state index in [0.29, 0.717) is 29.4 Å². The molecule has 13 nitrogen and oxygen atoms in total. The number of aromatic nitrogens is 6. The van der Waals surface area contributed by atoms with Crippen molar-refractivity contribution >= 4 is 51.9 Å². The van der Waals surface area contributed by atoms with Crippen LogP contribution in [0.25, 0.3) is 28.0 Å². The fourth-order valence-electron chi connectivity index (χ4n) is 5.88. The van der Waals surface area contributed by atoms with E-state index in [0.717, 1.165) is 39.2 Å². The van der Waals surface area contributed by atoms with Gasteiger partial charge in [0.05, 0.1) is 34.8 Å². The third kappa shape index (κ3) is 5.39. The number of benzene rings is 3. The number of nitrogens with zero attached hydrogens (tertiary/aromatic N) is 7. The van der Waals surface area contributed by atoms with E-state index in [9.17, 15) is 14.4 Å². The van der Waals surface area contributed by atoms with Gasteiger partial charge >= 0.3 is 0 Å². The first-order chi connectivity index (χ1) is 23.0. The van der Waals surface area contributed by atoms with Gasteiger partial charge in [-0.3, -0.25) is 24.7 Å². The molecule has 3 N–H and O–H groups in total. The molecule has 8 rings (SSSR count). The minimum atomic E-state index is -0.688. The van der Waals surface area contributed by atoms with Gasteiger partial charge in [0.1, 0.15) is 11.9 Å². The summed E-state index contributed by atoms with van der Waals surface area (Å²) in [5.74, 6) is -0.112. The van der Waals surface area contributed by atoms with Crippen molar-refractivity contribution in [2.45, 2.75) is 25.4 Å². The Labute approximate surface area is 267 Å². The quantitative estimate of drug-likeness (QED) is 0.216. The summed E-state index contributed by atoms with van der Waals surface area (Å²) in [6.45, 7) is 0.245. The third-order valence-corrected chi connectivity index (χ3v) is 8.19. The first kappa shape index (κ1) is 28.0. The molecule has 13 heteroatoms. The van der Waals surface area contributed by atoms with Crippen LogP contribution in [0, 0.1) is 0 Å². The molecule has 230 valence electrons. The molecule has 5 heterocycles. The second-order valence-electron chi connectivity index (χ2n) is 11.2. The monoisotopic (exact) mass is 622 g/mol. The number of anilines is 4. The Hall–Kier alpha value is -6.50. The average Bonchev–Trinajstić information content (AvgIpc) is 3.71. The van der Waals surface area contributed by atoms with Gasteiger partial charge in [-0.25, -0.2) is 14.6 Å². The van der Waals surface area contributed by atoms with E-state index >= 15 is 0 Å². The van der Waals surface area contributed by atoms with Crippen LogP contribution in [-0.4, -0.2) is 58.4 Å². The van der Waals surface area contributed by atoms with Gasteiger partial charge in [-0.15, -0.1) is 0 Å². The maximum Gasteiger partial charge on any atom is 0.255 e. The highest BCUT2D eigenvalue weighted by atomic mass is 16.2. The summed E-state index contributed by atoms with van der Waals surface area (Å²) in [6.07, 6.45) is 7.55. The summed E-state index contributed by atoms with van der Waals surface area (Å²) in [4.78, 5) is 57.1. The van der Waals surface area contributed by atoms with Crippen molar-refractivity contribution in [3.63, 3.8) is 0 Å². The van der Waals surface area contributed by atoms with E-state index in [1.165, 1.54) is 4.90 Å². The van der Waals surface area contributed by atoms with Crippen LogP contribution in [0.5, 0.6) is 0 Å². The maximum atomic E-state index is 13.2. The first-order valence-electron chi connectivity index (χ1n) is 15.0. The molecule has 1 saturated heterocycles. The smallest absolute Gasteiger partial charge is 0.255 e. The highest BCUT2D eigenvalue weighted by Gasteiger charge is 2.39. The Morgan fingerprint density at radius 1 is 0.851 bits per heavy atom. The van der Waals surface area contributed by atoms with Crippen LogP contribution in [-0.2, 0) is 16.1 Å². The fourth-order valence-corrected chi connectivity index (χ4v) is 5.88. The van der Waals surface area contributed by atoms with Crippen LogP contribution in [0.2, 0.25) is 0 Å². The normalized spacial score (nSPS) is 15.9. The Balaban J connectivity index is 0.985. The Bertz CT molecular complexity index is 2210. The Morgan fingerprint density at radius 2 is 1.72 bits per heavy atom. The zero-order valence-corrected chi connectivity index (χ0v) is 24.8. The molecule has 2 aliphatic heterocycles. The number of rotatable bonds is 7. The van der Waals surface area contributed by atoms with Gasteiger partial charge in [0.25, 0.3) is 5.91 Å². The van der Waals surface area contributed by atoms with Gasteiger partial charge < -0.3 is 15.5 Å². The minimum absolute atomic E-state index is 0.199. The zero-order chi connectivity index (χ0) is 31.9. The van der Waals surface area contributed by atoms with Crippen molar-refractivity contribution in [3.8, 4) is 16.9 Å². The number of nitrogens with one attached hydrogen (secondary N) is 3. The van der Waals surface area contributed by atoms with Gasteiger partial charge in [0, 0.05) is 53.4 Å². The maximum absolute atomic E-state index is 13.2. The van der Waals surface area contributed by atoms with Crippen LogP contribution in [0.4, 0.5) is 23.1 Å². The van der Waals surface area contributed by atoms with Crippen molar-refractivity contribution in [3.05, 3.63) is 109 Å². The van der Waals surface area contributed by atoms with Crippen molar-refractivity contribution in [1.82, 2.24) is 39.9 Å². The van der Waals surface area contributed by atoms with Gasteiger partial charge in [0.15, 0.2) is 0 Å². The largest absolute Gasteiger partial charge is 0.340 e. The lowest BCUT2D eigenvalue weighted by Gasteiger charge is -2.29. The summed E-state index contributed by atoms with van der Waals surface area (Å²) in [5, 5.41) is 13.4. The molecule has 47 heavy (non-hydrogen) atoms. The van der Waals surface area contributed by atoms with E-state index in [1.807, 2.05) is 60.8 Å². The second-order valence-corrected chi connectivity index (χ2v) is 11.2. The van der Waals surface area contributed by atoms with Crippen molar-refractivity contribution in [2.75, 3.05) is 10.6 Å². The molecule has 0 spiro atoms. The van der Waals surface area contributed by atoms with Crippen LogP contribution in [0.15, 0.2) is 97.6 Å². The van der Waals surface area contributed by atoms with Crippen molar-refractivity contribution in [2.24, 2.45) is 0 Å². The van der Waals surface area contributed by atoms with E-state index in [4.69, 9.17) is 4.98 Å². The molecule has 0 aliphatic carbocycles. The first-order valence-corrected chi connectivity index (χ1v) is 15.0. The molecule has 1 atom stereocenters. The van der Waals surface area contributed by atoms with Gasteiger partial charge in [-0.05, 0) is 55.0 Å². The van der Waals surface area contributed by atoms with Crippen LogP contribution in [0.1, 0.15) is 28.8 Å². The average molecular weight is 623 g/mol. The second kappa shape index (κ2) is 11.5. The predicted molar refractivity (Wildman–Crippen MR) is 173 cm³/mol. The standard InChI is InChI=1S/C34H26N10O3/c45-31-12-11-29(32(46)42-31)43-19-24-23(33(43)47)7-4-10-25(24)40-30-13-14-35-34(41-30)38-21-5-3-6-22(15-21)44-18-20(16-37-44)28-17-36-26-8-1-2-9-27(26)39-28/h1-10,13-18,29H,11-12,19H2,(H,42,45,46)(H2,35,38,40,41). The molecule has 1 unspecified atom stereocenters. The molecule has 6 aromatic rings. The number of piperidine rings is 1. The van der Waals surface area contributed by atoms with Crippen LogP contribution in [0.3, 0.4) is 0 Å². The predicted octanol–water partition coefficient (Wildman–Crippen LogP) is 4.52. The van der Waals surface area contributed by atoms with Crippen molar-refractivity contribution in [1.29, 1.82) is 0 Å². The number of amides is 3. The molecule has 2 aliphatic rings. The zero-order valence-electron chi connectivity index (χ0n) is 24.8. The highest BCUT2D eigenvalue weighted by molar-refractivity contribution is 6.06. The molecular formula is C34H26N10O3. The number of imide groups is 1. The summed E-state index contributed by atoms with van der Waals surface area (Å²) in [5.41, 5.74) is 6.79. The number of hydrogen-bond donors (Lipinski definition) is 3. The summed E-state index contributed by atoms with van der Waals surface area (Å²) in [7, 11) is 0. The molecule has 3 amide bonds. The summed E-state index contributed by atoms with van der Waals surface area (Å²) < 4.78 is 1.77. The van der Waals surface area contributed by atoms with Gasteiger partial charge in [-0.2, -0.15) is 10.1 Å². The number of carbonyl (C=O) groups excluding carboxylic acids is 3. The number of para-hydroxylation sites is 2. The fraction of sp³-hybridized carbons (Fsp3) is 0.118. The number of fused-ring (bicyclic) bond motifs is 2. The molecule has 3 aromatic carbocycles. The summed E-state index contributed by atoms with van der Waals surface area (Å²) >= 11 is 0. The SMILES string of the molecule is O=C1CCC(N2Cc3c(Nc4ccnc(Nc5cccc(-n6cc(-c7cnc8ccccc8n7)cn6)c5)n4)cccc3C2=O)C(=O)N1. The van der Waals surface area contributed by atoms with E-state index in [2.05, 4.69) is 36.0 Å². The lowest BCUT2D eigenvalue weighted by atomic mass is 10.0. The Kier molecular flexibility index (Phi) is 6.82. The van der Waals surface area contributed by atoms with E-state index in [-0.39, 0.29) is 24.8 Å². The Morgan fingerprint density at radius 3 is 2.62 bits per heavy atom. The number of hydrogen-bond acceptors (Lipinski definition) is 10. The van der Waals surface area contributed by atoms with E-state index < -0.39 is 11.9 Å². The highest BCUT2D eigenvalue weighted by Crippen LogP contribution is 2.33. The lowest BCUT2D eigenvalue weighted by molar-refractivity contribution is -0.136. The molecule has 1 fully saturated rings. The molecule has 0 bridgehead atoms. The van der Waals surface area contributed by atoms with Gasteiger partial charge in [-0.1, -0.05) is 24.3 Å². The van der Waals surface area contributed by atoms with Crippen molar-refractivity contribution < 1.29 is 14.4 Å². The van der Waals surface area contributed by atoms with E-state index in [1.54, 1.807) is 41.5 Å². The third-order valence-electron chi connectivity index (χ3n) is 8.19. The molecule has 0 radical (unpaired) electrons. The molecule has 0 saturated carbocycles. The number of carbonyl (C=O) groups is 3. The summed E-state index contributed by atoms with van der Waals surface area (Å²) in [6, 6.07) is 21.9. The van der Waals surface area contributed by atoms with Crippen LogP contribution < -0.4 is 16.0 Å². The minimum Gasteiger partial charge on any atom is -0.340 e. The van der Waals surface area contributed by atoms with Gasteiger partial charge in [0.2, 0.25) is 17.8 Å².